The fraction of sp³-hybridized carbons (Fsp3) is 0.231. The molecular formula is C26H21F3N6O2. The van der Waals surface area contributed by atoms with Gasteiger partial charge in [0.1, 0.15) is 6.10 Å². The number of ether oxygens (including phenoxy) is 1. The van der Waals surface area contributed by atoms with Gasteiger partial charge in [0.2, 0.25) is 0 Å². The summed E-state index contributed by atoms with van der Waals surface area (Å²) in [6, 6.07) is 12.9. The van der Waals surface area contributed by atoms with Crippen molar-refractivity contribution in [3.63, 3.8) is 0 Å². The quantitative estimate of drug-likeness (QED) is 0.362. The number of carbonyl (C=O) groups excluding carboxylic acids is 1. The lowest BCUT2D eigenvalue weighted by molar-refractivity contribution is -0.148. The van der Waals surface area contributed by atoms with Crippen LogP contribution in [0, 0.1) is 5.82 Å². The van der Waals surface area contributed by atoms with E-state index in [1.54, 1.807) is 18.5 Å². The van der Waals surface area contributed by atoms with Gasteiger partial charge in [-0.3, -0.25) is 10.00 Å². The first kappa shape index (κ1) is 23.0. The Labute approximate surface area is 209 Å². The molecule has 0 spiro atoms. The van der Waals surface area contributed by atoms with Crippen LogP contribution in [0.5, 0.6) is 0 Å². The third-order valence-electron chi connectivity index (χ3n) is 6.49. The molecule has 2 aromatic heterocycles. The first-order chi connectivity index (χ1) is 17.8. The van der Waals surface area contributed by atoms with Crippen LogP contribution in [0.25, 0.3) is 22.5 Å². The normalized spacial score (nSPS) is 16.2. The third kappa shape index (κ3) is 4.72. The standard InChI is InChI=1S/C26H21F3N6O2/c27-22-12-30-23(34-24(22)33-20-5-3-15(4-6-20)19-10-31-32-11-19)16-1-2-17-13-35(14-18(17)7-16)25(36)37-21-8-26(28,29)9-21/h1-7,10-12,21H,8-9,13-14H2,(H,31,32)(H,30,33,34). The molecule has 1 amide bonds. The van der Waals surface area contributed by atoms with E-state index in [4.69, 9.17) is 4.74 Å². The van der Waals surface area contributed by atoms with Crippen molar-refractivity contribution >= 4 is 17.6 Å². The van der Waals surface area contributed by atoms with Gasteiger partial charge in [0, 0.05) is 48.9 Å². The number of nitrogens with one attached hydrogen (secondary N) is 2. The monoisotopic (exact) mass is 506 g/mol. The van der Waals surface area contributed by atoms with Crippen LogP contribution < -0.4 is 5.32 Å². The number of carbonyl (C=O) groups is 1. The summed E-state index contributed by atoms with van der Waals surface area (Å²) >= 11 is 0. The lowest BCUT2D eigenvalue weighted by atomic mass is 9.91. The Balaban J connectivity index is 1.15. The highest BCUT2D eigenvalue weighted by Crippen LogP contribution is 2.40. The average Bonchev–Trinajstić information content (AvgIpc) is 3.55. The molecule has 37 heavy (non-hydrogen) atoms. The topological polar surface area (TPSA) is 96.0 Å². The van der Waals surface area contributed by atoms with Crippen LogP contribution in [-0.4, -0.2) is 43.2 Å². The average molecular weight is 506 g/mol. The van der Waals surface area contributed by atoms with Crippen LogP contribution in [0.1, 0.15) is 24.0 Å². The number of hydrogen-bond donors (Lipinski definition) is 2. The molecule has 2 aliphatic rings. The number of aromatic amines is 1. The summed E-state index contributed by atoms with van der Waals surface area (Å²) in [5.41, 5.74) is 5.00. The molecule has 0 atom stereocenters. The van der Waals surface area contributed by atoms with Crippen LogP contribution >= 0.6 is 0 Å². The molecule has 3 heterocycles. The lowest BCUT2D eigenvalue weighted by Crippen LogP contribution is -2.44. The molecule has 4 aromatic rings. The van der Waals surface area contributed by atoms with E-state index in [0.29, 0.717) is 23.6 Å². The van der Waals surface area contributed by atoms with E-state index in [1.807, 2.05) is 36.4 Å². The zero-order chi connectivity index (χ0) is 25.6. The van der Waals surface area contributed by atoms with E-state index in [-0.39, 0.29) is 12.4 Å². The van der Waals surface area contributed by atoms with Gasteiger partial charge in [0.15, 0.2) is 17.5 Å². The molecule has 0 radical (unpaired) electrons. The molecule has 1 aliphatic heterocycles. The van der Waals surface area contributed by atoms with Crippen LogP contribution in [0.15, 0.2) is 61.1 Å². The number of fused-ring (bicyclic) bond motifs is 1. The van der Waals surface area contributed by atoms with Crippen molar-refractivity contribution in [3.05, 3.63) is 78.0 Å². The maximum Gasteiger partial charge on any atom is 0.410 e. The first-order valence-electron chi connectivity index (χ1n) is 11.7. The largest absolute Gasteiger partial charge is 0.446 e. The van der Waals surface area contributed by atoms with Crippen LogP contribution in [0.4, 0.5) is 29.5 Å². The molecule has 1 fully saturated rings. The van der Waals surface area contributed by atoms with E-state index >= 15 is 0 Å². The Hall–Kier alpha value is -4.41. The number of rotatable bonds is 5. The number of benzene rings is 2. The van der Waals surface area contributed by atoms with E-state index in [9.17, 15) is 18.0 Å². The minimum Gasteiger partial charge on any atom is -0.446 e. The number of alkyl halides is 2. The molecule has 11 heteroatoms. The molecule has 1 aliphatic carbocycles. The summed E-state index contributed by atoms with van der Waals surface area (Å²) in [5, 5.41) is 9.70. The van der Waals surface area contributed by atoms with Crippen molar-refractivity contribution in [2.45, 2.75) is 38.0 Å². The van der Waals surface area contributed by atoms with Gasteiger partial charge < -0.3 is 10.1 Å². The fourth-order valence-corrected chi connectivity index (χ4v) is 4.45. The summed E-state index contributed by atoms with van der Waals surface area (Å²) in [5.74, 6) is -3.00. The second-order valence-corrected chi connectivity index (χ2v) is 9.19. The highest BCUT2D eigenvalue weighted by atomic mass is 19.3. The van der Waals surface area contributed by atoms with Crippen LogP contribution in [0.3, 0.4) is 0 Å². The van der Waals surface area contributed by atoms with Gasteiger partial charge in [0.05, 0.1) is 12.4 Å². The van der Waals surface area contributed by atoms with Gasteiger partial charge >= 0.3 is 6.09 Å². The molecule has 1 saturated carbocycles. The lowest BCUT2D eigenvalue weighted by Gasteiger charge is -2.34. The van der Waals surface area contributed by atoms with Gasteiger partial charge in [0.25, 0.3) is 5.92 Å². The Morgan fingerprint density at radius 2 is 1.78 bits per heavy atom. The smallest absolute Gasteiger partial charge is 0.410 e. The molecule has 2 N–H and O–H groups in total. The van der Waals surface area contributed by atoms with Gasteiger partial charge in [-0.1, -0.05) is 24.3 Å². The van der Waals surface area contributed by atoms with Crippen LogP contribution in [-0.2, 0) is 17.8 Å². The highest BCUT2D eigenvalue weighted by molar-refractivity contribution is 5.70. The second kappa shape index (κ2) is 8.91. The molecular weight excluding hydrogens is 485 g/mol. The number of H-pyrrole nitrogens is 1. The van der Waals surface area contributed by atoms with Crippen molar-refractivity contribution in [2.75, 3.05) is 5.32 Å². The number of anilines is 2. The highest BCUT2D eigenvalue weighted by Gasteiger charge is 2.48. The zero-order valence-electron chi connectivity index (χ0n) is 19.4. The van der Waals surface area contributed by atoms with Gasteiger partial charge in [-0.15, -0.1) is 0 Å². The third-order valence-corrected chi connectivity index (χ3v) is 6.49. The maximum absolute atomic E-state index is 14.5. The molecule has 2 aromatic carbocycles. The van der Waals surface area contributed by atoms with Crippen LogP contribution in [0.2, 0.25) is 0 Å². The van der Waals surface area contributed by atoms with E-state index in [1.165, 1.54) is 4.90 Å². The van der Waals surface area contributed by atoms with Crippen molar-refractivity contribution in [3.8, 4) is 22.5 Å². The van der Waals surface area contributed by atoms with Crippen molar-refractivity contribution in [2.24, 2.45) is 0 Å². The summed E-state index contributed by atoms with van der Waals surface area (Å²) < 4.78 is 45.8. The zero-order valence-corrected chi connectivity index (χ0v) is 19.4. The number of hydrogen-bond acceptors (Lipinski definition) is 6. The number of amides is 1. The van der Waals surface area contributed by atoms with E-state index in [0.717, 1.165) is 28.5 Å². The Morgan fingerprint density at radius 3 is 2.51 bits per heavy atom. The molecule has 8 nitrogen and oxygen atoms in total. The first-order valence-corrected chi connectivity index (χ1v) is 11.7. The second-order valence-electron chi connectivity index (χ2n) is 9.19. The van der Waals surface area contributed by atoms with Gasteiger partial charge in [-0.2, -0.15) is 5.10 Å². The molecule has 0 bridgehead atoms. The Bertz CT molecular complexity index is 1450. The summed E-state index contributed by atoms with van der Waals surface area (Å²) in [6.45, 7) is 0.601. The summed E-state index contributed by atoms with van der Waals surface area (Å²) in [4.78, 5) is 22.4. The minimum atomic E-state index is -2.75. The summed E-state index contributed by atoms with van der Waals surface area (Å²) in [7, 11) is 0. The number of aromatic nitrogens is 4. The van der Waals surface area contributed by atoms with Gasteiger partial charge in [-0.05, 0) is 34.9 Å². The minimum absolute atomic E-state index is 0.0315. The molecule has 0 unspecified atom stereocenters. The predicted molar refractivity (Wildman–Crippen MR) is 128 cm³/mol. The molecule has 6 rings (SSSR count). The van der Waals surface area contributed by atoms with E-state index in [2.05, 4.69) is 25.5 Å². The predicted octanol–water partition coefficient (Wildman–Crippen LogP) is 5.67. The van der Waals surface area contributed by atoms with Crippen molar-refractivity contribution in [1.82, 2.24) is 25.1 Å². The molecule has 188 valence electrons. The van der Waals surface area contributed by atoms with Crippen molar-refractivity contribution < 1.29 is 22.7 Å². The molecule has 0 saturated heterocycles. The maximum atomic E-state index is 14.5. The van der Waals surface area contributed by atoms with Gasteiger partial charge in [-0.25, -0.2) is 27.9 Å². The SMILES string of the molecule is O=C(OC1CC(F)(F)C1)N1Cc2ccc(-c3ncc(F)c(Nc4ccc(-c5cn[nH]c5)cc4)n3)cc2C1. The number of nitrogens with zero attached hydrogens (tertiary/aromatic N) is 4. The van der Waals surface area contributed by atoms with E-state index < -0.39 is 36.8 Å². The Kier molecular flexibility index (Phi) is 5.54. The number of halogens is 3. The van der Waals surface area contributed by atoms with Crippen molar-refractivity contribution in [1.29, 1.82) is 0 Å². The fourth-order valence-electron chi connectivity index (χ4n) is 4.45. The Morgan fingerprint density at radius 1 is 1.03 bits per heavy atom. The summed E-state index contributed by atoms with van der Waals surface area (Å²) in [6.07, 6.45) is 2.38.